The van der Waals surface area contributed by atoms with Crippen molar-refractivity contribution in [2.75, 3.05) is 18.5 Å². The van der Waals surface area contributed by atoms with Crippen molar-refractivity contribution in [3.63, 3.8) is 0 Å². The van der Waals surface area contributed by atoms with Crippen molar-refractivity contribution < 1.29 is 14.7 Å². The van der Waals surface area contributed by atoms with E-state index in [1.54, 1.807) is 0 Å². The van der Waals surface area contributed by atoms with E-state index in [1.807, 2.05) is 25.2 Å². The zero-order valence-electron chi connectivity index (χ0n) is 11.7. The van der Waals surface area contributed by atoms with Crippen LogP contribution in [0.1, 0.15) is 32.6 Å². The Labute approximate surface area is 125 Å². The molecule has 0 saturated heterocycles. The van der Waals surface area contributed by atoms with Crippen LogP contribution in [0.5, 0.6) is 0 Å². The molecular weight excluding hydrogens is 288 g/mol. The Kier molecular flexibility index (Phi) is 3.25. The number of rotatable bonds is 3. The molecule has 1 aromatic heterocycles. The molecular formula is C15H14N2O3S. The van der Waals surface area contributed by atoms with Gasteiger partial charge in [0, 0.05) is 31.8 Å². The Balaban J connectivity index is 2.07. The zero-order chi connectivity index (χ0) is 15.1. The number of benzene rings is 1. The molecule has 21 heavy (non-hydrogen) atoms. The smallest absolute Gasteiger partial charge is 0.356 e. The fraction of sp³-hybridized carbons (Fsp3) is 0.267. The maximum Gasteiger partial charge on any atom is 0.356 e. The van der Waals surface area contributed by atoms with Gasteiger partial charge in [-0.15, -0.1) is 11.3 Å². The summed E-state index contributed by atoms with van der Waals surface area (Å²) in [5, 5.41) is 9.73. The molecule has 2 aromatic rings. The van der Waals surface area contributed by atoms with Crippen LogP contribution in [0.25, 0.3) is 10.6 Å². The standard InChI is InChI=1S/C15H14N2O3S/c1-8(18)13-12(15(19)20)16-14(21-13)10-3-4-11-9(7-10)5-6-17(11)2/h3-4,7H,5-6H2,1-2H3,(H,19,20). The lowest BCUT2D eigenvalue weighted by atomic mass is 10.1. The van der Waals surface area contributed by atoms with E-state index >= 15 is 0 Å². The summed E-state index contributed by atoms with van der Waals surface area (Å²) < 4.78 is 0. The van der Waals surface area contributed by atoms with Crippen molar-refractivity contribution >= 4 is 28.8 Å². The number of likely N-dealkylation sites (N-methyl/N-ethyl adjacent to an activating group) is 1. The number of aromatic carboxylic acids is 1. The second-order valence-corrected chi connectivity index (χ2v) is 6.07. The second-order valence-electron chi connectivity index (χ2n) is 5.07. The van der Waals surface area contributed by atoms with Crippen LogP contribution in [0.15, 0.2) is 18.2 Å². The number of carbonyl (C=O) groups excluding carboxylic acids is 1. The molecule has 0 amide bonds. The molecule has 1 aliphatic heterocycles. The molecule has 0 spiro atoms. The fourth-order valence-corrected chi connectivity index (χ4v) is 3.48. The van der Waals surface area contributed by atoms with Gasteiger partial charge in [0.15, 0.2) is 11.5 Å². The lowest BCUT2D eigenvalue weighted by molar-refractivity contribution is 0.0687. The number of hydrogen-bond acceptors (Lipinski definition) is 5. The predicted molar refractivity (Wildman–Crippen MR) is 81.5 cm³/mol. The number of ketones is 1. The summed E-state index contributed by atoms with van der Waals surface area (Å²) in [6.07, 6.45) is 0.969. The molecule has 0 fully saturated rings. The van der Waals surface area contributed by atoms with Crippen LogP contribution in [0.3, 0.4) is 0 Å². The van der Waals surface area contributed by atoms with Crippen molar-refractivity contribution in [3.05, 3.63) is 34.3 Å². The molecule has 1 N–H and O–H groups in total. The quantitative estimate of drug-likeness (QED) is 0.883. The molecule has 0 radical (unpaired) electrons. The van der Waals surface area contributed by atoms with Gasteiger partial charge in [-0.3, -0.25) is 4.79 Å². The number of carbonyl (C=O) groups is 2. The maximum absolute atomic E-state index is 11.5. The number of fused-ring (bicyclic) bond motifs is 1. The summed E-state index contributed by atoms with van der Waals surface area (Å²) >= 11 is 1.14. The molecule has 2 heterocycles. The molecule has 0 aliphatic carbocycles. The molecule has 5 nitrogen and oxygen atoms in total. The molecule has 108 valence electrons. The SMILES string of the molecule is CC(=O)c1sc(-c2ccc3c(c2)CCN3C)nc1C(=O)O. The Morgan fingerprint density at radius 2 is 2.14 bits per heavy atom. The Morgan fingerprint density at radius 3 is 2.76 bits per heavy atom. The Hall–Kier alpha value is -2.21. The van der Waals surface area contributed by atoms with Crippen LogP contribution in [-0.4, -0.2) is 35.4 Å². The number of carboxylic acids is 1. The number of hydrogen-bond donors (Lipinski definition) is 1. The lowest BCUT2D eigenvalue weighted by Crippen LogP contribution is -2.12. The van der Waals surface area contributed by atoms with Gasteiger partial charge >= 0.3 is 5.97 Å². The number of Topliss-reactive ketones (excluding diaryl/α,β-unsaturated/α-hetero) is 1. The van der Waals surface area contributed by atoms with Crippen molar-refractivity contribution in [2.24, 2.45) is 0 Å². The summed E-state index contributed by atoms with van der Waals surface area (Å²) in [5.41, 5.74) is 3.14. The van der Waals surface area contributed by atoms with Crippen LogP contribution in [0, 0.1) is 0 Å². The van der Waals surface area contributed by atoms with Crippen molar-refractivity contribution in [1.29, 1.82) is 0 Å². The van der Waals surface area contributed by atoms with Crippen LogP contribution in [0.4, 0.5) is 5.69 Å². The normalized spacial score (nSPS) is 13.3. The summed E-state index contributed by atoms with van der Waals surface area (Å²) in [4.78, 5) is 29.3. The number of nitrogens with zero attached hydrogens (tertiary/aromatic N) is 2. The first kappa shape index (κ1) is 13.8. The van der Waals surface area contributed by atoms with Crippen molar-refractivity contribution in [1.82, 2.24) is 4.98 Å². The topological polar surface area (TPSA) is 70.5 Å². The Bertz CT molecular complexity index is 720. The van der Waals surface area contributed by atoms with Gasteiger partial charge in [0.05, 0.1) is 0 Å². The number of thiazole rings is 1. The van der Waals surface area contributed by atoms with Crippen LogP contribution >= 0.6 is 11.3 Å². The minimum absolute atomic E-state index is 0.153. The molecule has 0 atom stereocenters. The molecule has 6 heteroatoms. The monoisotopic (exact) mass is 302 g/mol. The molecule has 0 bridgehead atoms. The van der Waals surface area contributed by atoms with Crippen molar-refractivity contribution in [3.8, 4) is 10.6 Å². The zero-order valence-corrected chi connectivity index (χ0v) is 12.5. The van der Waals surface area contributed by atoms with Crippen LogP contribution in [0.2, 0.25) is 0 Å². The minimum Gasteiger partial charge on any atom is -0.476 e. The van der Waals surface area contributed by atoms with Gasteiger partial charge in [0.2, 0.25) is 0 Å². The van der Waals surface area contributed by atoms with E-state index in [0.29, 0.717) is 5.01 Å². The number of anilines is 1. The van der Waals surface area contributed by atoms with E-state index in [4.69, 9.17) is 5.11 Å². The first-order valence-corrected chi connectivity index (χ1v) is 7.38. The largest absolute Gasteiger partial charge is 0.476 e. The average Bonchev–Trinajstić information content (AvgIpc) is 3.03. The van der Waals surface area contributed by atoms with E-state index < -0.39 is 5.97 Å². The van der Waals surface area contributed by atoms with E-state index in [-0.39, 0.29) is 16.4 Å². The highest BCUT2D eigenvalue weighted by molar-refractivity contribution is 7.17. The van der Waals surface area contributed by atoms with E-state index in [2.05, 4.69) is 9.88 Å². The highest BCUT2D eigenvalue weighted by atomic mass is 32.1. The highest BCUT2D eigenvalue weighted by Crippen LogP contribution is 2.34. The van der Waals surface area contributed by atoms with Gasteiger partial charge in [-0.05, 0) is 30.2 Å². The van der Waals surface area contributed by atoms with E-state index in [9.17, 15) is 9.59 Å². The van der Waals surface area contributed by atoms with Gasteiger partial charge in [-0.25, -0.2) is 9.78 Å². The number of carboxylic acid groups (broad SMARTS) is 1. The molecule has 1 aliphatic rings. The van der Waals surface area contributed by atoms with E-state index in [1.165, 1.54) is 18.2 Å². The van der Waals surface area contributed by atoms with E-state index in [0.717, 1.165) is 29.9 Å². The highest BCUT2D eigenvalue weighted by Gasteiger charge is 2.22. The summed E-state index contributed by atoms with van der Waals surface area (Å²) in [6.45, 7) is 2.34. The fourth-order valence-electron chi connectivity index (χ4n) is 2.53. The molecule has 3 rings (SSSR count). The summed E-state index contributed by atoms with van der Waals surface area (Å²) in [7, 11) is 2.05. The first-order valence-electron chi connectivity index (χ1n) is 6.57. The third-order valence-electron chi connectivity index (χ3n) is 3.60. The number of aromatic nitrogens is 1. The van der Waals surface area contributed by atoms with Crippen molar-refractivity contribution in [2.45, 2.75) is 13.3 Å². The van der Waals surface area contributed by atoms with Gasteiger partial charge in [-0.2, -0.15) is 0 Å². The minimum atomic E-state index is -1.16. The van der Waals surface area contributed by atoms with Gasteiger partial charge < -0.3 is 10.0 Å². The lowest BCUT2D eigenvalue weighted by Gasteiger charge is -2.11. The van der Waals surface area contributed by atoms with Crippen LogP contribution in [-0.2, 0) is 6.42 Å². The molecule has 1 aromatic carbocycles. The maximum atomic E-state index is 11.5. The third-order valence-corrected chi connectivity index (χ3v) is 4.81. The Morgan fingerprint density at radius 1 is 1.38 bits per heavy atom. The molecule has 0 saturated carbocycles. The van der Waals surface area contributed by atoms with Gasteiger partial charge in [-0.1, -0.05) is 0 Å². The van der Waals surface area contributed by atoms with Gasteiger partial charge in [0.25, 0.3) is 0 Å². The third kappa shape index (κ3) is 2.31. The average molecular weight is 302 g/mol. The van der Waals surface area contributed by atoms with Crippen LogP contribution < -0.4 is 4.90 Å². The predicted octanol–water partition coefficient (Wildman–Crippen LogP) is 2.70. The first-order chi connectivity index (χ1) is 9.97. The summed E-state index contributed by atoms with van der Waals surface area (Å²) in [6, 6.07) is 5.98. The summed E-state index contributed by atoms with van der Waals surface area (Å²) in [5.74, 6) is -1.43. The second kappa shape index (κ2) is 4.96. The molecule has 0 unspecified atom stereocenters. The van der Waals surface area contributed by atoms with Gasteiger partial charge in [0.1, 0.15) is 9.88 Å².